The Hall–Kier alpha value is -3.02. The predicted octanol–water partition coefficient (Wildman–Crippen LogP) is 2.59. The lowest BCUT2D eigenvalue weighted by Crippen LogP contribution is -2.23. The van der Waals surface area contributed by atoms with Crippen LogP contribution in [-0.4, -0.2) is 38.7 Å². The van der Waals surface area contributed by atoms with E-state index in [9.17, 15) is 13.2 Å². The number of anilines is 1. The van der Waals surface area contributed by atoms with Gasteiger partial charge in [0.25, 0.3) is 15.9 Å². The van der Waals surface area contributed by atoms with Gasteiger partial charge >= 0.3 is 0 Å². The van der Waals surface area contributed by atoms with Crippen LogP contribution in [0.1, 0.15) is 21.5 Å². The molecule has 0 aliphatic heterocycles. The highest BCUT2D eigenvalue weighted by atomic mass is 32.2. The van der Waals surface area contributed by atoms with Crippen LogP contribution >= 0.6 is 11.3 Å². The van der Waals surface area contributed by atoms with Crippen LogP contribution in [0.15, 0.2) is 46.8 Å². The van der Waals surface area contributed by atoms with E-state index in [1.807, 2.05) is 19.1 Å². The second-order valence-electron chi connectivity index (χ2n) is 6.21. The van der Waals surface area contributed by atoms with Gasteiger partial charge in [-0.15, -0.1) is 10.2 Å². The van der Waals surface area contributed by atoms with Crippen LogP contribution in [-0.2, 0) is 16.6 Å². The Morgan fingerprint density at radius 1 is 1.03 bits per heavy atom. The second-order valence-corrected chi connectivity index (χ2v) is 9.13. The topological polar surface area (TPSA) is 120 Å². The zero-order valence-electron chi connectivity index (χ0n) is 16.5. The zero-order chi connectivity index (χ0) is 21.7. The van der Waals surface area contributed by atoms with Crippen molar-refractivity contribution in [3.8, 4) is 11.5 Å². The summed E-state index contributed by atoms with van der Waals surface area (Å²) in [5.74, 6) is 0.641. The Bertz CT molecular complexity index is 1140. The molecule has 0 radical (unpaired) electrons. The van der Waals surface area contributed by atoms with Crippen LogP contribution in [0.25, 0.3) is 0 Å². The lowest BCUT2D eigenvalue weighted by Gasteiger charge is -2.10. The Labute approximate surface area is 178 Å². The van der Waals surface area contributed by atoms with Crippen molar-refractivity contribution in [2.24, 2.45) is 0 Å². The third kappa shape index (κ3) is 5.12. The molecule has 1 aromatic heterocycles. The van der Waals surface area contributed by atoms with Crippen molar-refractivity contribution in [3.05, 3.63) is 59.2 Å². The van der Waals surface area contributed by atoms with Gasteiger partial charge in [-0.1, -0.05) is 35.1 Å². The van der Waals surface area contributed by atoms with E-state index in [1.165, 1.54) is 14.2 Å². The fourth-order valence-electron chi connectivity index (χ4n) is 2.47. The molecule has 1 amide bonds. The van der Waals surface area contributed by atoms with E-state index in [-0.39, 0.29) is 16.0 Å². The smallest absolute Gasteiger partial charge is 0.270 e. The van der Waals surface area contributed by atoms with Gasteiger partial charge in [0.1, 0.15) is 0 Å². The second kappa shape index (κ2) is 9.20. The molecule has 0 saturated carbocycles. The number of ether oxygens (including phenoxy) is 2. The number of hydrogen-bond donors (Lipinski definition) is 2. The highest BCUT2D eigenvalue weighted by molar-refractivity contribution is 7.91. The van der Waals surface area contributed by atoms with Gasteiger partial charge in [0.15, 0.2) is 11.5 Å². The molecule has 0 fully saturated rings. The van der Waals surface area contributed by atoms with Crippen molar-refractivity contribution < 1.29 is 22.7 Å². The van der Waals surface area contributed by atoms with E-state index < -0.39 is 15.9 Å². The van der Waals surface area contributed by atoms with E-state index in [4.69, 9.17) is 9.47 Å². The van der Waals surface area contributed by atoms with Crippen molar-refractivity contribution in [1.29, 1.82) is 0 Å². The highest BCUT2D eigenvalue weighted by Gasteiger charge is 2.21. The van der Waals surface area contributed by atoms with Crippen LogP contribution in [0.4, 0.5) is 5.13 Å². The number of carbonyl (C=O) groups excluding carboxylic acids is 1. The van der Waals surface area contributed by atoms with Gasteiger partial charge in [-0.05, 0) is 36.8 Å². The third-order valence-corrected chi connectivity index (χ3v) is 6.69. The van der Waals surface area contributed by atoms with Crippen LogP contribution in [0, 0.1) is 6.92 Å². The summed E-state index contributed by atoms with van der Waals surface area (Å²) in [5, 5.41) is 10.1. The molecule has 2 N–H and O–H groups in total. The Kier molecular flexibility index (Phi) is 6.65. The highest BCUT2D eigenvalue weighted by Crippen LogP contribution is 2.28. The maximum Gasteiger partial charge on any atom is 0.270 e. The van der Waals surface area contributed by atoms with E-state index in [2.05, 4.69) is 20.2 Å². The molecule has 0 bridgehead atoms. The molecule has 0 atom stereocenters. The first kappa shape index (κ1) is 21.7. The van der Waals surface area contributed by atoms with Crippen LogP contribution in [0.2, 0.25) is 0 Å². The quantitative estimate of drug-likeness (QED) is 0.508. The number of methoxy groups -OCH3 is 2. The van der Waals surface area contributed by atoms with Crippen molar-refractivity contribution in [1.82, 2.24) is 14.9 Å². The molecule has 11 heteroatoms. The summed E-state index contributed by atoms with van der Waals surface area (Å²) in [6.07, 6.45) is 0. The molecule has 3 rings (SSSR count). The SMILES string of the molecule is COc1ccc(CNS(=O)(=O)c2nnc(NC(=O)c3ccc(C)cc3)s2)cc1OC. The maximum atomic E-state index is 12.5. The summed E-state index contributed by atoms with van der Waals surface area (Å²) in [4.78, 5) is 12.2. The normalized spacial score (nSPS) is 11.2. The monoisotopic (exact) mass is 448 g/mol. The number of aromatic nitrogens is 2. The first-order chi connectivity index (χ1) is 14.3. The summed E-state index contributed by atoms with van der Waals surface area (Å²) >= 11 is 0.766. The minimum Gasteiger partial charge on any atom is -0.493 e. The molecular formula is C19H20N4O5S2. The molecule has 3 aromatic rings. The van der Waals surface area contributed by atoms with Gasteiger partial charge in [-0.3, -0.25) is 10.1 Å². The number of nitrogens with one attached hydrogen (secondary N) is 2. The first-order valence-corrected chi connectivity index (χ1v) is 11.0. The van der Waals surface area contributed by atoms with Crippen LogP contribution < -0.4 is 19.5 Å². The Morgan fingerprint density at radius 3 is 2.40 bits per heavy atom. The minimum absolute atomic E-state index is 0.0212. The molecule has 0 aliphatic rings. The van der Waals surface area contributed by atoms with Gasteiger partial charge in [-0.25, -0.2) is 13.1 Å². The van der Waals surface area contributed by atoms with Gasteiger partial charge in [-0.2, -0.15) is 0 Å². The molecule has 2 aromatic carbocycles. The molecule has 0 unspecified atom stereocenters. The number of nitrogens with zero attached hydrogens (tertiary/aromatic N) is 2. The van der Waals surface area contributed by atoms with E-state index in [0.717, 1.165) is 16.9 Å². The maximum absolute atomic E-state index is 12.5. The zero-order valence-corrected chi connectivity index (χ0v) is 18.1. The molecule has 0 saturated heterocycles. The number of benzene rings is 2. The average molecular weight is 449 g/mol. The molecule has 0 aliphatic carbocycles. The number of rotatable bonds is 8. The number of carbonyl (C=O) groups is 1. The molecule has 158 valence electrons. The van der Waals surface area contributed by atoms with Gasteiger partial charge in [0.2, 0.25) is 9.47 Å². The summed E-state index contributed by atoms with van der Waals surface area (Å²) in [6.45, 7) is 1.94. The van der Waals surface area contributed by atoms with Crippen molar-refractivity contribution in [2.45, 2.75) is 17.8 Å². The van der Waals surface area contributed by atoms with E-state index in [1.54, 1.807) is 30.3 Å². The Balaban J connectivity index is 1.66. The standard InChI is InChI=1S/C19H20N4O5S2/c1-12-4-7-14(8-5-12)17(24)21-18-22-23-19(29-18)30(25,26)20-11-13-6-9-15(27-2)16(10-13)28-3/h4-10,20H,11H2,1-3H3,(H,21,22,24). The summed E-state index contributed by atoms with van der Waals surface area (Å²) < 4.78 is 37.6. The van der Waals surface area contributed by atoms with Crippen LogP contribution in [0.3, 0.4) is 0 Å². The number of amides is 1. The van der Waals surface area contributed by atoms with Crippen molar-refractivity contribution in [3.63, 3.8) is 0 Å². The number of sulfonamides is 1. The number of hydrogen-bond acceptors (Lipinski definition) is 8. The molecule has 9 nitrogen and oxygen atoms in total. The van der Waals surface area contributed by atoms with E-state index >= 15 is 0 Å². The fraction of sp³-hybridized carbons (Fsp3) is 0.211. The lowest BCUT2D eigenvalue weighted by molar-refractivity contribution is 0.102. The summed E-state index contributed by atoms with van der Waals surface area (Å²) in [5.41, 5.74) is 2.14. The van der Waals surface area contributed by atoms with Crippen LogP contribution in [0.5, 0.6) is 11.5 Å². The average Bonchev–Trinajstić information content (AvgIpc) is 3.22. The third-order valence-electron chi connectivity index (χ3n) is 4.08. The molecule has 1 heterocycles. The molecular weight excluding hydrogens is 428 g/mol. The lowest BCUT2D eigenvalue weighted by atomic mass is 10.1. The number of aryl methyl sites for hydroxylation is 1. The van der Waals surface area contributed by atoms with E-state index in [0.29, 0.717) is 22.6 Å². The largest absolute Gasteiger partial charge is 0.493 e. The fourth-order valence-corrected chi connectivity index (χ4v) is 4.43. The van der Waals surface area contributed by atoms with Crippen molar-refractivity contribution in [2.75, 3.05) is 19.5 Å². The summed E-state index contributed by atoms with van der Waals surface area (Å²) in [6, 6.07) is 12.0. The summed E-state index contributed by atoms with van der Waals surface area (Å²) in [7, 11) is -0.889. The predicted molar refractivity (Wildman–Crippen MR) is 113 cm³/mol. The van der Waals surface area contributed by atoms with Gasteiger partial charge in [0.05, 0.1) is 14.2 Å². The van der Waals surface area contributed by atoms with Crippen molar-refractivity contribution >= 4 is 32.4 Å². The van der Waals surface area contributed by atoms with Gasteiger partial charge < -0.3 is 9.47 Å². The minimum atomic E-state index is -3.91. The van der Waals surface area contributed by atoms with Gasteiger partial charge in [0, 0.05) is 12.1 Å². The first-order valence-electron chi connectivity index (χ1n) is 8.74. The molecule has 30 heavy (non-hydrogen) atoms. The molecule has 0 spiro atoms. The Morgan fingerprint density at radius 2 is 1.73 bits per heavy atom.